The number of benzene rings is 1. The molecule has 1 aromatic carbocycles. The molecule has 0 unspecified atom stereocenters. The minimum Gasteiger partial charge on any atom is -0.301 e. The standard InChI is InChI=1S/C17H11N3O2S/c1-20-9-19-14-6-11(7-18-15(14)17(20)22)13-4-2-3-10-5-12(8-21)23-16(10)13/h2-9H,1H3. The number of aldehydes is 1. The highest BCUT2D eigenvalue weighted by molar-refractivity contribution is 7.21. The Hall–Kier alpha value is -2.86. The molecule has 0 saturated carbocycles. The zero-order valence-electron chi connectivity index (χ0n) is 12.2. The zero-order chi connectivity index (χ0) is 16.0. The number of thiophene rings is 1. The lowest BCUT2D eigenvalue weighted by molar-refractivity contribution is 0.112. The van der Waals surface area contributed by atoms with Crippen LogP contribution in [0.3, 0.4) is 0 Å². The average molecular weight is 321 g/mol. The molecule has 0 radical (unpaired) electrons. The second-order valence-corrected chi connectivity index (χ2v) is 6.33. The first-order valence-electron chi connectivity index (χ1n) is 6.97. The zero-order valence-corrected chi connectivity index (χ0v) is 13.0. The van der Waals surface area contributed by atoms with E-state index in [1.165, 1.54) is 22.2 Å². The van der Waals surface area contributed by atoms with E-state index in [1.807, 2.05) is 30.3 Å². The van der Waals surface area contributed by atoms with Crippen molar-refractivity contribution in [1.82, 2.24) is 14.5 Å². The molecule has 6 heteroatoms. The molecule has 23 heavy (non-hydrogen) atoms. The topological polar surface area (TPSA) is 64.8 Å². The monoisotopic (exact) mass is 321 g/mol. The maximum absolute atomic E-state index is 12.1. The van der Waals surface area contributed by atoms with Crippen LogP contribution in [0.25, 0.3) is 32.2 Å². The molecule has 0 atom stereocenters. The van der Waals surface area contributed by atoms with Gasteiger partial charge in [0.25, 0.3) is 5.56 Å². The van der Waals surface area contributed by atoms with Gasteiger partial charge in [0.05, 0.1) is 16.7 Å². The normalized spacial score (nSPS) is 11.2. The van der Waals surface area contributed by atoms with Gasteiger partial charge in [-0.3, -0.25) is 9.59 Å². The predicted octanol–water partition coefficient (Wildman–Crippen LogP) is 3.02. The number of aromatic nitrogens is 3. The van der Waals surface area contributed by atoms with Gasteiger partial charge in [0.2, 0.25) is 0 Å². The lowest BCUT2D eigenvalue weighted by Gasteiger charge is -2.05. The molecule has 112 valence electrons. The van der Waals surface area contributed by atoms with Crippen LogP contribution in [0.5, 0.6) is 0 Å². The maximum Gasteiger partial charge on any atom is 0.279 e. The van der Waals surface area contributed by atoms with Gasteiger partial charge in [-0.05, 0) is 17.5 Å². The number of fused-ring (bicyclic) bond motifs is 2. The highest BCUT2D eigenvalue weighted by atomic mass is 32.1. The fourth-order valence-corrected chi connectivity index (χ4v) is 3.61. The Morgan fingerprint density at radius 1 is 1.22 bits per heavy atom. The maximum atomic E-state index is 12.1. The molecule has 0 spiro atoms. The Morgan fingerprint density at radius 3 is 2.91 bits per heavy atom. The summed E-state index contributed by atoms with van der Waals surface area (Å²) in [7, 11) is 1.65. The quantitative estimate of drug-likeness (QED) is 0.532. The first-order chi connectivity index (χ1) is 11.2. The highest BCUT2D eigenvalue weighted by Gasteiger charge is 2.10. The van der Waals surface area contributed by atoms with Crippen molar-refractivity contribution in [2.75, 3.05) is 0 Å². The summed E-state index contributed by atoms with van der Waals surface area (Å²) in [6, 6.07) is 9.64. The lowest BCUT2D eigenvalue weighted by atomic mass is 10.1. The van der Waals surface area contributed by atoms with Crippen molar-refractivity contribution in [3.63, 3.8) is 0 Å². The number of hydrogen-bond donors (Lipinski definition) is 0. The van der Waals surface area contributed by atoms with E-state index >= 15 is 0 Å². The van der Waals surface area contributed by atoms with Gasteiger partial charge in [-0.15, -0.1) is 11.3 Å². The molecule has 3 heterocycles. The second-order valence-electron chi connectivity index (χ2n) is 5.24. The number of pyridine rings is 1. The number of rotatable bonds is 2. The van der Waals surface area contributed by atoms with Crippen LogP contribution in [0.15, 0.2) is 47.7 Å². The summed E-state index contributed by atoms with van der Waals surface area (Å²) in [5.74, 6) is 0. The summed E-state index contributed by atoms with van der Waals surface area (Å²) in [5.41, 5.74) is 2.61. The molecule has 4 rings (SSSR count). The Kier molecular flexibility index (Phi) is 3.06. The van der Waals surface area contributed by atoms with Gasteiger partial charge in [-0.1, -0.05) is 18.2 Å². The van der Waals surface area contributed by atoms with Crippen LogP contribution in [-0.2, 0) is 7.05 Å². The third-order valence-electron chi connectivity index (χ3n) is 3.75. The van der Waals surface area contributed by atoms with Crippen molar-refractivity contribution in [1.29, 1.82) is 0 Å². The molecule has 5 nitrogen and oxygen atoms in total. The lowest BCUT2D eigenvalue weighted by Crippen LogP contribution is -2.17. The van der Waals surface area contributed by atoms with E-state index < -0.39 is 0 Å². The van der Waals surface area contributed by atoms with Crippen LogP contribution in [0.1, 0.15) is 9.67 Å². The fourth-order valence-electron chi connectivity index (χ4n) is 2.60. The van der Waals surface area contributed by atoms with Crippen LogP contribution in [-0.4, -0.2) is 20.8 Å². The molecule has 0 fully saturated rings. The van der Waals surface area contributed by atoms with Crippen molar-refractivity contribution < 1.29 is 4.79 Å². The smallest absolute Gasteiger partial charge is 0.279 e. The van der Waals surface area contributed by atoms with E-state index in [0.29, 0.717) is 15.9 Å². The Morgan fingerprint density at radius 2 is 2.09 bits per heavy atom. The fraction of sp³-hybridized carbons (Fsp3) is 0.0588. The summed E-state index contributed by atoms with van der Waals surface area (Å²) >= 11 is 1.45. The van der Waals surface area contributed by atoms with Crippen LogP contribution in [0.2, 0.25) is 0 Å². The minimum atomic E-state index is -0.167. The number of aryl methyl sites for hydroxylation is 1. The summed E-state index contributed by atoms with van der Waals surface area (Å²) in [5, 5.41) is 1.02. The first kappa shape index (κ1) is 13.8. The van der Waals surface area contributed by atoms with E-state index in [1.54, 1.807) is 13.2 Å². The van der Waals surface area contributed by atoms with Crippen LogP contribution in [0.4, 0.5) is 0 Å². The number of hydrogen-bond acceptors (Lipinski definition) is 5. The summed E-state index contributed by atoms with van der Waals surface area (Å²) < 4.78 is 2.44. The number of nitrogens with zero attached hydrogens (tertiary/aromatic N) is 3. The first-order valence-corrected chi connectivity index (χ1v) is 7.78. The van der Waals surface area contributed by atoms with Crippen LogP contribution < -0.4 is 5.56 Å². The molecule has 0 bridgehead atoms. The van der Waals surface area contributed by atoms with Crippen molar-refractivity contribution in [2.24, 2.45) is 7.05 Å². The van der Waals surface area contributed by atoms with E-state index in [-0.39, 0.29) is 5.56 Å². The van der Waals surface area contributed by atoms with Gasteiger partial charge < -0.3 is 4.57 Å². The Bertz CT molecular complexity index is 1130. The SMILES string of the molecule is Cn1cnc2cc(-c3cccc4cc(C=O)sc34)cnc2c1=O. The average Bonchev–Trinajstić information content (AvgIpc) is 3.01. The van der Waals surface area contributed by atoms with E-state index in [4.69, 9.17) is 0 Å². The summed E-state index contributed by atoms with van der Waals surface area (Å²) in [6.07, 6.45) is 4.03. The van der Waals surface area contributed by atoms with Gasteiger partial charge in [0, 0.05) is 29.1 Å². The van der Waals surface area contributed by atoms with Gasteiger partial charge in [-0.2, -0.15) is 0 Å². The molecular weight excluding hydrogens is 310 g/mol. The van der Waals surface area contributed by atoms with Crippen molar-refractivity contribution in [3.8, 4) is 11.1 Å². The highest BCUT2D eigenvalue weighted by Crippen LogP contribution is 2.34. The van der Waals surface area contributed by atoms with Crippen LogP contribution in [0, 0.1) is 0 Å². The minimum absolute atomic E-state index is 0.167. The van der Waals surface area contributed by atoms with Gasteiger partial charge >= 0.3 is 0 Å². The summed E-state index contributed by atoms with van der Waals surface area (Å²) in [4.78, 5) is 32.3. The Balaban J connectivity index is 1.99. The summed E-state index contributed by atoms with van der Waals surface area (Å²) in [6.45, 7) is 0. The molecule has 0 amide bonds. The predicted molar refractivity (Wildman–Crippen MR) is 91.0 cm³/mol. The molecule has 0 aliphatic carbocycles. The van der Waals surface area contributed by atoms with E-state index in [2.05, 4.69) is 9.97 Å². The van der Waals surface area contributed by atoms with Gasteiger partial charge in [-0.25, -0.2) is 9.97 Å². The number of carbonyl (C=O) groups excluding carboxylic acids is 1. The largest absolute Gasteiger partial charge is 0.301 e. The Labute approximate surface area is 134 Å². The number of carbonyl (C=O) groups is 1. The van der Waals surface area contributed by atoms with Crippen molar-refractivity contribution in [3.05, 3.63) is 58.1 Å². The molecule has 4 aromatic rings. The third kappa shape index (κ3) is 2.15. The van der Waals surface area contributed by atoms with Crippen molar-refractivity contribution >= 4 is 38.7 Å². The molecular formula is C17H11N3O2S. The molecule has 0 saturated heterocycles. The second kappa shape index (κ2) is 5.10. The van der Waals surface area contributed by atoms with Crippen LogP contribution >= 0.6 is 11.3 Å². The van der Waals surface area contributed by atoms with E-state index in [0.717, 1.165) is 27.5 Å². The molecule has 0 aliphatic rings. The van der Waals surface area contributed by atoms with Crippen molar-refractivity contribution in [2.45, 2.75) is 0 Å². The van der Waals surface area contributed by atoms with E-state index in [9.17, 15) is 9.59 Å². The molecule has 0 N–H and O–H groups in total. The molecule has 0 aliphatic heterocycles. The van der Waals surface area contributed by atoms with Gasteiger partial charge in [0.15, 0.2) is 11.8 Å². The third-order valence-corrected chi connectivity index (χ3v) is 4.86. The van der Waals surface area contributed by atoms with Gasteiger partial charge in [0.1, 0.15) is 0 Å². The molecule has 3 aromatic heterocycles.